The van der Waals surface area contributed by atoms with E-state index in [1.807, 2.05) is 12.4 Å². The Morgan fingerprint density at radius 3 is 2.90 bits per heavy atom. The third-order valence-electron chi connectivity index (χ3n) is 2.20. The molecule has 0 bridgehead atoms. The zero-order valence-electron chi connectivity index (χ0n) is 6.22. The summed E-state index contributed by atoms with van der Waals surface area (Å²) in [5.41, 5.74) is 6.53. The van der Waals surface area contributed by atoms with Crippen LogP contribution < -0.4 is 11.0 Å². The van der Waals surface area contributed by atoms with E-state index in [4.69, 9.17) is 0 Å². The van der Waals surface area contributed by atoms with Gasteiger partial charge in [-0.1, -0.05) is 6.92 Å². The van der Waals surface area contributed by atoms with Gasteiger partial charge in [-0.05, 0) is 18.3 Å². The summed E-state index contributed by atoms with van der Waals surface area (Å²) in [7, 11) is 0. The van der Waals surface area contributed by atoms with Gasteiger partial charge in [0.05, 0.1) is 0 Å². The lowest BCUT2D eigenvalue weighted by Gasteiger charge is -2.19. The molecule has 0 spiro atoms. The van der Waals surface area contributed by atoms with Gasteiger partial charge in [-0.3, -0.25) is 5.01 Å². The molecule has 1 aliphatic carbocycles. The van der Waals surface area contributed by atoms with E-state index in [2.05, 4.69) is 22.9 Å². The Labute approximate surface area is 61.0 Å². The van der Waals surface area contributed by atoms with Crippen LogP contribution in [0.3, 0.4) is 0 Å². The highest BCUT2D eigenvalue weighted by molar-refractivity contribution is 4.94. The Bertz CT molecular complexity index is 160. The minimum absolute atomic E-state index is 0.587. The average Bonchev–Trinajstić information content (AvgIpc) is 2.47. The van der Waals surface area contributed by atoms with E-state index in [0.717, 1.165) is 6.54 Å². The maximum absolute atomic E-state index is 3.03. The van der Waals surface area contributed by atoms with Crippen molar-refractivity contribution in [3.05, 3.63) is 12.4 Å². The molecular weight excluding hydrogens is 126 g/mol. The minimum Gasteiger partial charge on any atom is -0.310 e. The third kappa shape index (κ3) is 1.09. The van der Waals surface area contributed by atoms with Crippen LogP contribution >= 0.6 is 0 Å². The molecule has 0 radical (unpaired) electrons. The minimum atomic E-state index is 0.587. The predicted octanol–water partition coefficient (Wildman–Crippen LogP) is 0.582. The van der Waals surface area contributed by atoms with Gasteiger partial charge in [0.15, 0.2) is 0 Å². The average molecular weight is 139 g/mol. The largest absolute Gasteiger partial charge is 0.310 e. The molecule has 10 heavy (non-hydrogen) atoms. The van der Waals surface area contributed by atoms with E-state index in [-0.39, 0.29) is 0 Å². The van der Waals surface area contributed by atoms with E-state index in [0.29, 0.717) is 5.41 Å². The fourth-order valence-corrected chi connectivity index (χ4v) is 1.16. The maximum atomic E-state index is 3.03. The molecule has 0 aromatic rings. The first-order chi connectivity index (χ1) is 4.79. The van der Waals surface area contributed by atoms with E-state index in [1.165, 1.54) is 12.8 Å². The molecule has 2 rings (SSSR count). The van der Waals surface area contributed by atoms with Crippen LogP contribution in [0.2, 0.25) is 0 Å². The van der Waals surface area contributed by atoms with Crippen molar-refractivity contribution in [2.24, 2.45) is 5.41 Å². The molecule has 56 valence electrons. The molecule has 0 unspecified atom stereocenters. The van der Waals surface area contributed by atoms with Crippen LogP contribution in [0.4, 0.5) is 0 Å². The van der Waals surface area contributed by atoms with Crippen molar-refractivity contribution in [3.63, 3.8) is 0 Å². The maximum Gasteiger partial charge on any atom is 0.0409 e. The molecule has 0 amide bonds. The van der Waals surface area contributed by atoms with Gasteiger partial charge in [-0.15, -0.1) is 5.53 Å². The van der Waals surface area contributed by atoms with Gasteiger partial charge in [-0.2, -0.15) is 0 Å². The number of hydrogen-bond donors (Lipinski definition) is 2. The fraction of sp³-hybridized carbons (Fsp3) is 0.714. The van der Waals surface area contributed by atoms with Crippen LogP contribution in [-0.2, 0) is 0 Å². The van der Waals surface area contributed by atoms with E-state index < -0.39 is 0 Å². The lowest BCUT2D eigenvalue weighted by molar-refractivity contribution is 0.228. The first-order valence-corrected chi connectivity index (χ1v) is 3.73. The van der Waals surface area contributed by atoms with Crippen LogP contribution in [0.1, 0.15) is 19.8 Å². The van der Waals surface area contributed by atoms with Crippen molar-refractivity contribution in [3.8, 4) is 0 Å². The molecule has 1 heterocycles. The standard InChI is InChI=1S/C7H13N3/c1-7(2-3-7)6-10-5-4-8-9-10/h4-5,8-9H,2-3,6H2,1H3. The van der Waals surface area contributed by atoms with Crippen LogP contribution in [0.25, 0.3) is 0 Å². The molecule has 3 heteroatoms. The Hall–Kier alpha value is -0.700. The molecule has 0 atom stereocenters. The van der Waals surface area contributed by atoms with Gasteiger partial charge in [0.25, 0.3) is 0 Å². The van der Waals surface area contributed by atoms with Crippen LogP contribution in [0, 0.1) is 5.41 Å². The summed E-state index contributed by atoms with van der Waals surface area (Å²) in [6.45, 7) is 3.44. The number of hydrogen-bond acceptors (Lipinski definition) is 3. The lowest BCUT2D eigenvalue weighted by Crippen LogP contribution is -2.38. The Morgan fingerprint density at radius 1 is 1.60 bits per heavy atom. The smallest absolute Gasteiger partial charge is 0.0409 e. The molecule has 0 aromatic carbocycles. The second-order valence-electron chi connectivity index (χ2n) is 3.51. The number of rotatable bonds is 2. The van der Waals surface area contributed by atoms with Crippen molar-refractivity contribution in [2.45, 2.75) is 19.8 Å². The SMILES string of the molecule is CC1(CN2C=CNN2)CC1. The molecule has 2 aliphatic rings. The first kappa shape index (κ1) is 6.04. The second-order valence-corrected chi connectivity index (χ2v) is 3.51. The second kappa shape index (κ2) is 1.89. The van der Waals surface area contributed by atoms with Crippen molar-refractivity contribution in [1.29, 1.82) is 0 Å². The Kier molecular flexibility index (Phi) is 1.14. The summed E-state index contributed by atoms with van der Waals surface area (Å²) < 4.78 is 0. The monoisotopic (exact) mass is 139 g/mol. The molecule has 2 N–H and O–H groups in total. The van der Waals surface area contributed by atoms with Gasteiger partial charge in [0.2, 0.25) is 0 Å². The van der Waals surface area contributed by atoms with E-state index in [1.54, 1.807) is 0 Å². The van der Waals surface area contributed by atoms with Crippen LogP contribution in [-0.4, -0.2) is 11.6 Å². The molecule has 1 saturated carbocycles. The summed E-state index contributed by atoms with van der Waals surface area (Å²) in [5, 5.41) is 2.09. The van der Waals surface area contributed by atoms with Gasteiger partial charge < -0.3 is 5.43 Å². The Balaban J connectivity index is 1.84. The molecule has 1 fully saturated rings. The molecule has 0 saturated heterocycles. The van der Waals surface area contributed by atoms with Crippen molar-refractivity contribution in [2.75, 3.05) is 6.54 Å². The van der Waals surface area contributed by atoms with Gasteiger partial charge in [0.1, 0.15) is 0 Å². The number of nitrogens with one attached hydrogen (secondary N) is 2. The highest BCUT2D eigenvalue weighted by Gasteiger charge is 2.38. The zero-order valence-corrected chi connectivity index (χ0v) is 6.22. The van der Waals surface area contributed by atoms with Crippen molar-refractivity contribution < 1.29 is 0 Å². The molecule has 3 nitrogen and oxygen atoms in total. The Morgan fingerprint density at radius 2 is 2.40 bits per heavy atom. The lowest BCUT2D eigenvalue weighted by atomic mass is 10.1. The van der Waals surface area contributed by atoms with E-state index in [9.17, 15) is 0 Å². The van der Waals surface area contributed by atoms with Crippen LogP contribution in [0.15, 0.2) is 12.4 Å². The van der Waals surface area contributed by atoms with E-state index >= 15 is 0 Å². The zero-order chi connectivity index (χ0) is 7.03. The molecule has 0 aromatic heterocycles. The summed E-state index contributed by atoms with van der Waals surface area (Å²) in [5.74, 6) is 0. The van der Waals surface area contributed by atoms with Gasteiger partial charge in [-0.25, -0.2) is 0 Å². The first-order valence-electron chi connectivity index (χ1n) is 3.73. The molecule has 1 aliphatic heterocycles. The highest BCUT2D eigenvalue weighted by atomic mass is 15.7. The van der Waals surface area contributed by atoms with Crippen LogP contribution in [0.5, 0.6) is 0 Å². The highest BCUT2D eigenvalue weighted by Crippen LogP contribution is 2.45. The van der Waals surface area contributed by atoms with Crippen molar-refractivity contribution >= 4 is 0 Å². The topological polar surface area (TPSA) is 27.3 Å². The summed E-state index contributed by atoms with van der Waals surface area (Å²) in [6, 6.07) is 0. The number of nitrogens with zero attached hydrogens (tertiary/aromatic N) is 1. The third-order valence-corrected chi connectivity index (χ3v) is 2.20. The summed E-state index contributed by atoms with van der Waals surface area (Å²) in [6.07, 6.45) is 6.69. The van der Waals surface area contributed by atoms with Gasteiger partial charge >= 0.3 is 0 Å². The molecular formula is C7H13N3. The fourth-order valence-electron chi connectivity index (χ4n) is 1.16. The summed E-state index contributed by atoms with van der Waals surface area (Å²) in [4.78, 5) is 0. The van der Waals surface area contributed by atoms with Crippen molar-refractivity contribution in [1.82, 2.24) is 16.0 Å². The summed E-state index contributed by atoms with van der Waals surface area (Å²) >= 11 is 0. The quantitative estimate of drug-likeness (QED) is 0.586. The number of hydrazine groups is 2. The normalized spacial score (nSPS) is 26.7. The van der Waals surface area contributed by atoms with Gasteiger partial charge in [0, 0.05) is 18.9 Å². The predicted molar refractivity (Wildman–Crippen MR) is 39.5 cm³/mol.